The zero-order valence-electron chi connectivity index (χ0n) is 31.1. The number of esters is 2. The number of carbonyl (C=O) groups is 2. The molecule has 1 aromatic heterocycles. The molecule has 1 unspecified atom stereocenters. The maximum absolute atomic E-state index is 12.8. The molecule has 16 heteroatoms. The van der Waals surface area contributed by atoms with Crippen molar-refractivity contribution < 1.29 is 57.6 Å². The number of phosphoric ester groups is 1. The van der Waals surface area contributed by atoms with Gasteiger partial charge in [0, 0.05) is 19.0 Å². The third-order valence-corrected chi connectivity index (χ3v) is 9.89. The van der Waals surface area contributed by atoms with Gasteiger partial charge in [0.2, 0.25) is 0 Å². The third-order valence-electron chi connectivity index (χ3n) is 8.94. The standard InChI is InChI=1S/C36H63N2O13P/c1-3-5-7-9-11-13-15-17-19-21-31(40)47-25-28(50-32(41)22-20-18-16-14-12-10-8-6-4-2)26-48-52(45,46)49-27-29-33(42)34(43)35(51-29)38-24-23-30(39)37-36(38)44/h23-24,28-29,33-35,42-43H,3-22,25-27H2,1-2H3,(H,45,46)(H,37,39,44)/p-1/t28-,29-,33-,34-,35-/m1/s1. The van der Waals surface area contributed by atoms with Crippen LogP contribution < -0.4 is 10.8 Å². The lowest BCUT2D eigenvalue weighted by Gasteiger charge is -2.21. The van der Waals surface area contributed by atoms with Crippen molar-refractivity contribution in [3.63, 3.8) is 0 Å². The smallest absolute Gasteiger partial charge is 0.472 e. The normalized spacial score (nSPS) is 20.4. The first-order chi connectivity index (χ1) is 25.0. The predicted octanol–water partition coefficient (Wildman–Crippen LogP) is 5.37. The lowest BCUT2D eigenvalue weighted by molar-refractivity contribution is -0.275. The van der Waals surface area contributed by atoms with E-state index in [1.54, 1.807) is 0 Å². The summed E-state index contributed by atoms with van der Waals surface area (Å²) >= 11 is 0. The molecule has 0 spiro atoms. The Balaban J connectivity index is 1.84. The second kappa shape index (κ2) is 26.4. The zero-order chi connectivity index (χ0) is 38.2. The second-order valence-electron chi connectivity index (χ2n) is 13.5. The predicted molar refractivity (Wildman–Crippen MR) is 190 cm³/mol. The number of nitrogens with zero attached hydrogens (tertiary/aromatic N) is 2. The number of ether oxygens (including phenoxy) is 3. The lowest BCUT2D eigenvalue weighted by atomic mass is 10.1. The average molecular weight is 762 g/mol. The third kappa shape index (κ3) is 19.1. The van der Waals surface area contributed by atoms with Crippen LogP contribution in [0.5, 0.6) is 5.88 Å². The summed E-state index contributed by atoms with van der Waals surface area (Å²) in [4.78, 5) is 50.7. The Morgan fingerprint density at radius 1 is 0.827 bits per heavy atom. The van der Waals surface area contributed by atoms with Crippen LogP contribution in [0.2, 0.25) is 0 Å². The molecule has 2 rings (SSSR count). The number of rotatable bonds is 30. The Morgan fingerprint density at radius 2 is 1.35 bits per heavy atom. The molecule has 1 fully saturated rings. The number of aliphatic hydroxyl groups excluding tert-OH is 2. The molecule has 0 aliphatic carbocycles. The molecule has 6 atom stereocenters. The van der Waals surface area contributed by atoms with E-state index in [0.717, 1.165) is 55.4 Å². The van der Waals surface area contributed by atoms with Crippen LogP contribution in [0.15, 0.2) is 17.1 Å². The number of hydrogen-bond donors (Lipinski definition) is 3. The topological polar surface area (TPSA) is 216 Å². The molecule has 0 bridgehead atoms. The van der Waals surface area contributed by atoms with Crippen molar-refractivity contribution in [2.75, 3.05) is 19.8 Å². The Morgan fingerprint density at radius 3 is 1.88 bits per heavy atom. The summed E-state index contributed by atoms with van der Waals surface area (Å²) in [7, 11) is -4.85. The van der Waals surface area contributed by atoms with Crippen LogP contribution in [0, 0.1) is 0 Å². The van der Waals surface area contributed by atoms with Crippen LogP contribution in [0.1, 0.15) is 148 Å². The highest BCUT2D eigenvalue weighted by molar-refractivity contribution is 7.47. The van der Waals surface area contributed by atoms with E-state index in [-0.39, 0.29) is 19.4 Å². The van der Waals surface area contributed by atoms with Crippen molar-refractivity contribution in [1.82, 2.24) is 9.55 Å². The molecule has 300 valence electrons. The van der Waals surface area contributed by atoms with Crippen LogP contribution in [0.3, 0.4) is 0 Å². The van der Waals surface area contributed by atoms with Gasteiger partial charge in [-0.1, -0.05) is 117 Å². The van der Waals surface area contributed by atoms with E-state index in [1.165, 1.54) is 64.2 Å². The minimum atomic E-state index is -4.85. The van der Waals surface area contributed by atoms with Crippen LogP contribution >= 0.6 is 7.82 Å². The average Bonchev–Trinajstić information content (AvgIpc) is 3.39. The van der Waals surface area contributed by atoms with Crippen LogP contribution in [0.4, 0.5) is 0 Å². The summed E-state index contributed by atoms with van der Waals surface area (Å²) in [5.41, 5.74) is -1.02. The fourth-order valence-corrected chi connectivity index (χ4v) is 6.61. The molecular weight excluding hydrogens is 699 g/mol. The van der Waals surface area contributed by atoms with Gasteiger partial charge in [-0.25, -0.2) is 14.3 Å². The summed E-state index contributed by atoms with van der Waals surface area (Å²) in [6.07, 6.45) is 13.5. The van der Waals surface area contributed by atoms with Gasteiger partial charge in [-0.15, -0.1) is 0 Å². The largest absolute Gasteiger partial charge is 0.858 e. The first-order valence-electron chi connectivity index (χ1n) is 19.2. The molecule has 0 saturated carbocycles. The van der Waals surface area contributed by atoms with Gasteiger partial charge in [-0.05, 0) is 24.8 Å². The molecule has 0 aromatic carbocycles. The highest BCUT2D eigenvalue weighted by atomic mass is 31.2. The van der Waals surface area contributed by atoms with E-state index in [1.807, 2.05) is 0 Å². The molecule has 1 aliphatic rings. The Labute approximate surface area is 308 Å². The molecule has 3 N–H and O–H groups in total. The van der Waals surface area contributed by atoms with Crippen molar-refractivity contribution in [2.24, 2.45) is 0 Å². The van der Waals surface area contributed by atoms with Gasteiger partial charge >= 0.3 is 25.5 Å². The summed E-state index contributed by atoms with van der Waals surface area (Å²) in [6.45, 7) is 2.61. The maximum atomic E-state index is 12.8. The molecule has 15 nitrogen and oxygen atoms in total. The zero-order valence-corrected chi connectivity index (χ0v) is 32.0. The number of carbonyl (C=O) groups excluding carboxylic acids is 2. The Kier molecular flexibility index (Phi) is 23.2. The monoisotopic (exact) mass is 761 g/mol. The molecule has 0 amide bonds. The summed E-state index contributed by atoms with van der Waals surface area (Å²) in [5, 5.41) is 32.1. The molecule has 2 heterocycles. The van der Waals surface area contributed by atoms with Crippen LogP contribution in [0.25, 0.3) is 0 Å². The van der Waals surface area contributed by atoms with Gasteiger partial charge in [0.15, 0.2) is 12.3 Å². The van der Waals surface area contributed by atoms with Gasteiger partial charge in [0.25, 0.3) is 0 Å². The van der Waals surface area contributed by atoms with E-state index in [4.69, 9.17) is 23.3 Å². The number of aromatic nitrogens is 2. The molecule has 0 radical (unpaired) electrons. The molecule has 1 aromatic rings. The SMILES string of the molecule is CCCCCCCCCCCC(=O)OC[C@H](COP(=O)(O)OC[C@H]1O[C@@H](n2ccc([O-])nc2=O)[C@H](O)[C@@H]1O)OC(=O)CCCCCCCCCCC. The van der Waals surface area contributed by atoms with Gasteiger partial charge in [0.05, 0.1) is 13.2 Å². The van der Waals surface area contributed by atoms with E-state index in [9.17, 15) is 39.2 Å². The van der Waals surface area contributed by atoms with Gasteiger partial charge in [-0.3, -0.25) is 23.2 Å². The number of unbranched alkanes of at least 4 members (excludes halogenated alkanes) is 16. The minimum absolute atomic E-state index is 0.128. The molecule has 52 heavy (non-hydrogen) atoms. The Hall–Kier alpha value is -2.39. The molecule has 1 aliphatic heterocycles. The minimum Gasteiger partial charge on any atom is -0.858 e. The van der Waals surface area contributed by atoms with E-state index >= 15 is 0 Å². The quantitative estimate of drug-likeness (QED) is 0.0511. The van der Waals surface area contributed by atoms with Crippen LogP contribution in [-0.2, 0) is 37.4 Å². The fraction of sp³-hybridized carbons (Fsp3) is 0.833. The summed E-state index contributed by atoms with van der Waals surface area (Å²) < 4.78 is 39.9. The van der Waals surface area contributed by atoms with Crippen molar-refractivity contribution in [3.8, 4) is 5.88 Å². The van der Waals surface area contributed by atoms with Crippen molar-refractivity contribution >= 4 is 19.8 Å². The second-order valence-corrected chi connectivity index (χ2v) is 15.0. The van der Waals surface area contributed by atoms with Crippen molar-refractivity contribution in [2.45, 2.75) is 173 Å². The maximum Gasteiger partial charge on any atom is 0.472 e. The fourth-order valence-electron chi connectivity index (χ4n) is 5.85. The first-order valence-corrected chi connectivity index (χ1v) is 20.7. The van der Waals surface area contributed by atoms with Gasteiger partial charge < -0.3 is 34.4 Å². The summed E-state index contributed by atoms with van der Waals surface area (Å²) in [6, 6.07) is 0.970. The van der Waals surface area contributed by atoms with Gasteiger partial charge in [0.1, 0.15) is 24.9 Å². The van der Waals surface area contributed by atoms with E-state index in [0.29, 0.717) is 12.8 Å². The summed E-state index contributed by atoms with van der Waals surface area (Å²) in [5.74, 6) is -1.84. The first kappa shape index (κ1) is 45.8. The van der Waals surface area contributed by atoms with Crippen molar-refractivity contribution in [1.29, 1.82) is 0 Å². The van der Waals surface area contributed by atoms with E-state index in [2.05, 4.69) is 18.8 Å². The highest BCUT2D eigenvalue weighted by Crippen LogP contribution is 2.44. The molecule has 1 saturated heterocycles. The van der Waals surface area contributed by atoms with Crippen LogP contribution in [-0.4, -0.2) is 80.8 Å². The number of aliphatic hydroxyl groups is 2. The van der Waals surface area contributed by atoms with Crippen molar-refractivity contribution in [3.05, 3.63) is 22.7 Å². The lowest BCUT2D eigenvalue weighted by Crippen LogP contribution is -2.36. The number of phosphoric acid groups is 1. The highest BCUT2D eigenvalue weighted by Gasteiger charge is 2.45. The number of hydrogen-bond acceptors (Lipinski definition) is 13. The molecular formula is C36H62N2O13P-. The van der Waals surface area contributed by atoms with E-state index < -0.39 is 75.2 Å². The van der Waals surface area contributed by atoms with Gasteiger partial charge in [-0.2, -0.15) is 0 Å². The Bertz CT molecular complexity index is 1250.